The number of nitrogens with zero attached hydrogens (tertiary/aromatic N) is 1. The Kier molecular flexibility index (Phi) is 5.27. The maximum Gasteiger partial charge on any atom is 0.0658 e. The third-order valence-corrected chi connectivity index (χ3v) is 5.58. The molecule has 2 aliphatic rings. The first-order chi connectivity index (χ1) is 9.13. The molecule has 1 aliphatic carbocycles. The second-order valence-corrected chi connectivity index (χ2v) is 6.55. The summed E-state index contributed by atoms with van der Waals surface area (Å²) in [4.78, 5) is 2.56. The van der Waals surface area contributed by atoms with Crippen molar-refractivity contribution in [2.24, 2.45) is 11.3 Å². The Labute approximate surface area is 119 Å². The van der Waals surface area contributed by atoms with E-state index in [0.717, 1.165) is 12.5 Å². The van der Waals surface area contributed by atoms with E-state index in [2.05, 4.69) is 37.9 Å². The summed E-state index contributed by atoms with van der Waals surface area (Å²) in [6, 6.07) is 0.657. The fourth-order valence-electron chi connectivity index (χ4n) is 3.74. The number of likely N-dealkylation sites (tertiary alicyclic amines) is 1. The zero-order valence-corrected chi connectivity index (χ0v) is 13.2. The van der Waals surface area contributed by atoms with Crippen molar-refractivity contribution in [1.29, 1.82) is 0 Å². The quantitative estimate of drug-likeness (QED) is 0.768. The molecule has 2 rings (SSSR count). The van der Waals surface area contributed by atoms with Crippen LogP contribution in [0.5, 0.6) is 0 Å². The lowest BCUT2D eigenvalue weighted by molar-refractivity contribution is -0.126. The van der Waals surface area contributed by atoms with Crippen molar-refractivity contribution in [3.8, 4) is 0 Å². The third-order valence-electron chi connectivity index (χ3n) is 5.58. The highest BCUT2D eigenvalue weighted by Crippen LogP contribution is 2.45. The molecule has 0 bridgehead atoms. The zero-order valence-electron chi connectivity index (χ0n) is 13.2. The summed E-state index contributed by atoms with van der Waals surface area (Å²) >= 11 is 0. The topological polar surface area (TPSA) is 24.5 Å². The molecule has 2 fully saturated rings. The predicted octanol–water partition coefficient (Wildman–Crippen LogP) is 2.51. The van der Waals surface area contributed by atoms with Gasteiger partial charge in [-0.1, -0.05) is 20.8 Å². The van der Waals surface area contributed by atoms with Crippen molar-refractivity contribution in [3.05, 3.63) is 0 Å². The van der Waals surface area contributed by atoms with Gasteiger partial charge in [0, 0.05) is 24.6 Å². The molecule has 3 nitrogen and oxygen atoms in total. The number of rotatable bonds is 7. The van der Waals surface area contributed by atoms with Crippen LogP contribution in [0.3, 0.4) is 0 Å². The second-order valence-electron chi connectivity index (χ2n) is 6.55. The van der Waals surface area contributed by atoms with Gasteiger partial charge < -0.3 is 15.0 Å². The molecule has 0 aromatic carbocycles. The molecule has 3 heteroatoms. The molecule has 1 saturated heterocycles. The van der Waals surface area contributed by atoms with Crippen LogP contribution in [0.4, 0.5) is 0 Å². The van der Waals surface area contributed by atoms with E-state index in [1.54, 1.807) is 0 Å². The first-order valence-electron chi connectivity index (χ1n) is 8.21. The number of hydrogen-bond donors (Lipinski definition) is 1. The van der Waals surface area contributed by atoms with Gasteiger partial charge in [-0.2, -0.15) is 0 Å². The molecule has 0 spiro atoms. The number of hydrogen-bond acceptors (Lipinski definition) is 3. The maximum atomic E-state index is 5.87. The minimum absolute atomic E-state index is 0.346. The summed E-state index contributed by atoms with van der Waals surface area (Å²) < 4.78 is 5.87. The smallest absolute Gasteiger partial charge is 0.0658 e. The van der Waals surface area contributed by atoms with Gasteiger partial charge in [0.15, 0.2) is 0 Å². The fourth-order valence-corrected chi connectivity index (χ4v) is 3.74. The van der Waals surface area contributed by atoms with Crippen molar-refractivity contribution in [1.82, 2.24) is 10.2 Å². The van der Waals surface area contributed by atoms with E-state index in [9.17, 15) is 0 Å². The van der Waals surface area contributed by atoms with Crippen molar-refractivity contribution in [2.45, 2.75) is 59.1 Å². The SMILES string of the molecule is CCOC1CC(NCC2CCN(CC)C2)C1(C)CC. The molecule has 0 amide bonds. The minimum Gasteiger partial charge on any atom is -0.378 e. The molecule has 1 heterocycles. The van der Waals surface area contributed by atoms with Crippen LogP contribution in [-0.4, -0.2) is 49.8 Å². The van der Waals surface area contributed by atoms with Crippen LogP contribution in [0.1, 0.15) is 47.0 Å². The lowest BCUT2D eigenvalue weighted by Gasteiger charge is -2.54. The number of ether oxygens (including phenoxy) is 1. The highest BCUT2D eigenvalue weighted by molar-refractivity contribution is 5.05. The van der Waals surface area contributed by atoms with Gasteiger partial charge in [-0.05, 0) is 51.7 Å². The Morgan fingerprint density at radius 1 is 1.32 bits per heavy atom. The van der Waals surface area contributed by atoms with E-state index >= 15 is 0 Å². The second kappa shape index (κ2) is 6.55. The first-order valence-corrected chi connectivity index (χ1v) is 8.21. The van der Waals surface area contributed by atoms with Crippen molar-refractivity contribution in [2.75, 3.05) is 32.8 Å². The maximum absolute atomic E-state index is 5.87. The Balaban J connectivity index is 1.75. The highest BCUT2D eigenvalue weighted by Gasteiger charge is 2.50. The summed E-state index contributed by atoms with van der Waals surface area (Å²) in [5, 5.41) is 3.83. The summed E-state index contributed by atoms with van der Waals surface area (Å²) in [5.41, 5.74) is 0.346. The van der Waals surface area contributed by atoms with E-state index in [1.807, 2.05) is 0 Å². The molecule has 4 unspecified atom stereocenters. The molecule has 0 radical (unpaired) electrons. The third kappa shape index (κ3) is 3.14. The van der Waals surface area contributed by atoms with Gasteiger partial charge in [0.2, 0.25) is 0 Å². The Hall–Kier alpha value is -0.120. The van der Waals surface area contributed by atoms with Crippen LogP contribution in [0, 0.1) is 11.3 Å². The van der Waals surface area contributed by atoms with Gasteiger partial charge in [-0.25, -0.2) is 0 Å². The van der Waals surface area contributed by atoms with Crippen molar-refractivity contribution < 1.29 is 4.74 Å². The van der Waals surface area contributed by atoms with Crippen LogP contribution in [0.15, 0.2) is 0 Å². The average Bonchev–Trinajstić information content (AvgIpc) is 2.88. The molecule has 1 N–H and O–H groups in total. The fraction of sp³-hybridized carbons (Fsp3) is 1.00. The van der Waals surface area contributed by atoms with Crippen LogP contribution >= 0.6 is 0 Å². The Bertz CT molecular complexity index is 284. The van der Waals surface area contributed by atoms with Gasteiger partial charge in [-0.15, -0.1) is 0 Å². The number of nitrogens with one attached hydrogen (secondary N) is 1. The van der Waals surface area contributed by atoms with E-state index in [1.165, 1.54) is 45.4 Å². The van der Waals surface area contributed by atoms with Gasteiger partial charge >= 0.3 is 0 Å². The monoisotopic (exact) mass is 268 g/mol. The molecule has 112 valence electrons. The Morgan fingerprint density at radius 3 is 2.68 bits per heavy atom. The molecule has 1 saturated carbocycles. The molecular formula is C16H32N2O. The van der Waals surface area contributed by atoms with Crippen molar-refractivity contribution >= 4 is 0 Å². The minimum atomic E-state index is 0.346. The van der Waals surface area contributed by atoms with Crippen LogP contribution in [0.25, 0.3) is 0 Å². The highest BCUT2D eigenvalue weighted by atomic mass is 16.5. The predicted molar refractivity (Wildman–Crippen MR) is 80.4 cm³/mol. The van der Waals surface area contributed by atoms with Crippen molar-refractivity contribution in [3.63, 3.8) is 0 Å². The van der Waals surface area contributed by atoms with Gasteiger partial charge in [-0.3, -0.25) is 0 Å². The summed E-state index contributed by atoms with van der Waals surface area (Å²) in [6.07, 6.45) is 4.24. The molecular weight excluding hydrogens is 236 g/mol. The van der Waals surface area contributed by atoms with Crippen LogP contribution in [-0.2, 0) is 4.74 Å². The Morgan fingerprint density at radius 2 is 2.11 bits per heavy atom. The van der Waals surface area contributed by atoms with E-state index in [4.69, 9.17) is 4.74 Å². The van der Waals surface area contributed by atoms with E-state index < -0.39 is 0 Å². The lowest BCUT2D eigenvalue weighted by atomic mass is 9.61. The molecule has 4 atom stereocenters. The van der Waals surface area contributed by atoms with E-state index in [-0.39, 0.29) is 0 Å². The summed E-state index contributed by atoms with van der Waals surface area (Å²) in [7, 11) is 0. The molecule has 0 aromatic rings. The molecule has 19 heavy (non-hydrogen) atoms. The average molecular weight is 268 g/mol. The summed E-state index contributed by atoms with van der Waals surface area (Å²) in [5.74, 6) is 0.854. The van der Waals surface area contributed by atoms with Gasteiger partial charge in [0.1, 0.15) is 0 Å². The standard InChI is InChI=1S/C16H32N2O/c1-5-16(4)14(10-15(16)19-7-3)17-11-13-8-9-18(6-2)12-13/h13-15,17H,5-12H2,1-4H3. The first kappa shape index (κ1) is 15.3. The van der Waals surface area contributed by atoms with Crippen LogP contribution in [0.2, 0.25) is 0 Å². The lowest BCUT2D eigenvalue weighted by Crippen LogP contribution is -2.62. The largest absolute Gasteiger partial charge is 0.378 e. The van der Waals surface area contributed by atoms with E-state index in [0.29, 0.717) is 17.6 Å². The molecule has 1 aliphatic heterocycles. The van der Waals surface area contributed by atoms with Crippen LogP contribution < -0.4 is 5.32 Å². The zero-order chi connectivity index (χ0) is 13.9. The van der Waals surface area contributed by atoms with Gasteiger partial charge in [0.05, 0.1) is 6.10 Å². The normalized spacial score (nSPS) is 39.5. The summed E-state index contributed by atoms with van der Waals surface area (Å²) in [6.45, 7) is 14.9. The van der Waals surface area contributed by atoms with Gasteiger partial charge in [0.25, 0.3) is 0 Å². The molecule has 0 aromatic heterocycles.